The van der Waals surface area contributed by atoms with Crippen molar-refractivity contribution >= 4 is 35.0 Å². The van der Waals surface area contributed by atoms with Crippen LogP contribution in [0.3, 0.4) is 0 Å². The number of likely N-dealkylation sites (N-methyl/N-ethyl adjacent to an activating group) is 2. The first-order valence-electron chi connectivity index (χ1n) is 17.6. The Bertz CT molecular complexity index is 1540. The average molecular weight is 794 g/mol. The molecule has 0 aliphatic carbocycles. The van der Waals surface area contributed by atoms with Crippen molar-refractivity contribution in [2.45, 2.75) is 102 Å². The highest BCUT2D eigenvalue weighted by Gasteiger charge is 2.63. The zero-order valence-electron chi connectivity index (χ0n) is 31.0. The van der Waals surface area contributed by atoms with Crippen molar-refractivity contribution in [2.75, 3.05) is 27.7 Å². The van der Waals surface area contributed by atoms with E-state index in [0.717, 1.165) is 23.9 Å². The van der Waals surface area contributed by atoms with E-state index in [1.54, 1.807) is 26.1 Å². The Hall–Kier alpha value is -3.77. The molecule has 6 atom stereocenters. The quantitative estimate of drug-likeness (QED) is 0.154. The third-order valence-corrected chi connectivity index (χ3v) is 10.6. The summed E-state index contributed by atoms with van der Waals surface area (Å²) >= 11 is 0.897. The number of amides is 3. The zero-order chi connectivity index (χ0) is 40.5. The lowest BCUT2D eigenvalue weighted by Gasteiger charge is -2.39. The Morgan fingerprint density at radius 2 is 1.65 bits per heavy atom. The van der Waals surface area contributed by atoms with Gasteiger partial charge in [-0.25, -0.2) is 4.98 Å². The molecule has 0 saturated carbocycles. The molecule has 54 heavy (non-hydrogen) atoms. The lowest BCUT2D eigenvalue weighted by molar-refractivity contribution is -0.290. The van der Waals surface area contributed by atoms with Gasteiger partial charge < -0.3 is 25.4 Å². The van der Waals surface area contributed by atoms with Crippen LogP contribution < -0.4 is 10.6 Å². The second kappa shape index (κ2) is 19.2. The number of aliphatic hydroxyl groups is 1. The second-order valence-electron chi connectivity index (χ2n) is 14.1. The van der Waals surface area contributed by atoms with Crippen molar-refractivity contribution in [3.63, 3.8) is 0 Å². The van der Waals surface area contributed by atoms with Gasteiger partial charge in [0, 0.05) is 30.9 Å². The molecule has 1 saturated heterocycles. The number of methoxy groups -OCH3 is 1. The van der Waals surface area contributed by atoms with Crippen LogP contribution in [-0.2, 0) is 25.5 Å². The van der Waals surface area contributed by atoms with Gasteiger partial charge in [-0.1, -0.05) is 57.5 Å². The molecule has 0 spiro atoms. The number of nitrogens with one attached hydrogen (secondary N) is 2. The summed E-state index contributed by atoms with van der Waals surface area (Å²) in [5.74, 6) is -9.15. The third kappa shape index (κ3) is 12.1. The summed E-state index contributed by atoms with van der Waals surface area (Å²) in [6.07, 6.45) is -11.7. The first-order chi connectivity index (χ1) is 25.1. The van der Waals surface area contributed by atoms with Crippen LogP contribution in [0, 0.1) is 17.8 Å². The van der Waals surface area contributed by atoms with Gasteiger partial charge in [0.15, 0.2) is 5.92 Å². The number of alkyl halides is 6. The average Bonchev–Trinajstić information content (AvgIpc) is 3.59. The van der Waals surface area contributed by atoms with Gasteiger partial charge in [-0.05, 0) is 50.8 Å². The SMILES string of the molecule is COC(=O)[C@@H](C)C[C@H](Cc1ccccc1)NC(=O)c1csc([C@H](O)C[C@H](C(C)C)N(C)C(=O)[C@@H](NC(=O)[C@H]2CCCCN2C)C(C(F)(F)F)C(F)(F)F)n1. The fraction of sp³-hybridized carbons (Fsp3) is 0.639. The maximum Gasteiger partial charge on any atom is 0.403 e. The highest BCUT2D eigenvalue weighted by Crippen LogP contribution is 2.42. The number of nitrogens with zero attached hydrogens (tertiary/aromatic N) is 3. The van der Waals surface area contributed by atoms with Crippen LogP contribution in [0.25, 0.3) is 0 Å². The number of aromatic nitrogens is 1. The van der Waals surface area contributed by atoms with Crippen molar-refractivity contribution in [1.29, 1.82) is 0 Å². The van der Waals surface area contributed by atoms with E-state index >= 15 is 0 Å². The smallest absolute Gasteiger partial charge is 0.403 e. The lowest BCUT2D eigenvalue weighted by atomic mass is 9.92. The summed E-state index contributed by atoms with van der Waals surface area (Å²) < 4.78 is 89.2. The predicted octanol–water partition coefficient (Wildman–Crippen LogP) is 5.30. The molecule has 3 N–H and O–H groups in total. The van der Waals surface area contributed by atoms with E-state index in [9.17, 15) is 50.6 Å². The van der Waals surface area contributed by atoms with E-state index in [1.807, 2.05) is 30.3 Å². The summed E-state index contributed by atoms with van der Waals surface area (Å²) in [7, 11) is 3.81. The maximum atomic E-state index is 14.1. The summed E-state index contributed by atoms with van der Waals surface area (Å²) in [6.45, 7) is 5.20. The van der Waals surface area contributed by atoms with Gasteiger partial charge in [0.2, 0.25) is 11.8 Å². The minimum absolute atomic E-state index is 0.0165. The van der Waals surface area contributed by atoms with Gasteiger partial charge in [-0.2, -0.15) is 26.3 Å². The van der Waals surface area contributed by atoms with E-state index in [-0.39, 0.29) is 30.0 Å². The molecular formula is C36H49F6N5O6S. The number of piperidine rings is 1. The van der Waals surface area contributed by atoms with E-state index in [4.69, 9.17) is 4.74 Å². The molecule has 1 fully saturated rings. The van der Waals surface area contributed by atoms with Crippen LogP contribution in [-0.4, -0.2) is 108 Å². The molecule has 18 heteroatoms. The number of rotatable bonds is 16. The second-order valence-corrected chi connectivity index (χ2v) is 15.0. The molecule has 0 unspecified atom stereocenters. The zero-order valence-corrected chi connectivity index (χ0v) is 31.9. The van der Waals surface area contributed by atoms with Gasteiger partial charge in [0.05, 0.1) is 19.1 Å². The van der Waals surface area contributed by atoms with Crippen LogP contribution in [0.4, 0.5) is 26.3 Å². The summed E-state index contributed by atoms with van der Waals surface area (Å²) in [6, 6.07) is 3.54. The highest BCUT2D eigenvalue weighted by atomic mass is 32.1. The van der Waals surface area contributed by atoms with Crippen molar-refractivity contribution in [3.8, 4) is 0 Å². The number of halogens is 6. The number of carbonyl (C=O) groups is 4. The molecule has 0 radical (unpaired) electrons. The van der Waals surface area contributed by atoms with Crippen LogP contribution in [0.2, 0.25) is 0 Å². The number of carbonyl (C=O) groups excluding carboxylic acids is 4. The molecule has 11 nitrogen and oxygen atoms in total. The van der Waals surface area contributed by atoms with Crippen LogP contribution in [0.1, 0.15) is 80.0 Å². The molecule has 3 rings (SSSR count). The molecule has 3 amide bonds. The topological polar surface area (TPSA) is 141 Å². The van der Waals surface area contributed by atoms with Crippen molar-refractivity contribution in [3.05, 3.63) is 52.0 Å². The molecule has 302 valence electrons. The largest absolute Gasteiger partial charge is 0.469 e. The Balaban J connectivity index is 1.83. The number of thiazole rings is 1. The van der Waals surface area contributed by atoms with Crippen LogP contribution in [0.15, 0.2) is 35.7 Å². The number of ether oxygens (including phenoxy) is 1. The third-order valence-electron chi connectivity index (χ3n) is 9.70. The maximum absolute atomic E-state index is 14.1. The molecule has 2 aromatic rings. The van der Waals surface area contributed by atoms with Crippen LogP contribution >= 0.6 is 11.3 Å². The van der Waals surface area contributed by atoms with Crippen molar-refractivity contribution < 1.29 is 55.4 Å². The number of benzene rings is 1. The summed E-state index contributed by atoms with van der Waals surface area (Å²) in [4.78, 5) is 58.8. The Labute approximate surface area is 314 Å². The number of likely N-dealkylation sites (tertiary alicyclic amines) is 1. The number of aliphatic hydroxyl groups excluding tert-OH is 1. The Kier molecular flexibility index (Phi) is 15.9. The number of hydrogen-bond acceptors (Lipinski definition) is 9. The minimum atomic E-state index is -5.94. The van der Waals surface area contributed by atoms with Gasteiger partial charge in [-0.15, -0.1) is 11.3 Å². The normalized spacial score (nSPS) is 18.4. The first-order valence-corrected chi connectivity index (χ1v) is 18.5. The summed E-state index contributed by atoms with van der Waals surface area (Å²) in [5, 5.41) is 17.3. The Morgan fingerprint density at radius 1 is 1.02 bits per heavy atom. The van der Waals surface area contributed by atoms with Gasteiger partial charge in [0.25, 0.3) is 5.91 Å². The van der Waals surface area contributed by atoms with Gasteiger partial charge >= 0.3 is 18.3 Å². The van der Waals surface area contributed by atoms with E-state index in [2.05, 4.69) is 10.3 Å². The molecule has 1 aromatic carbocycles. The predicted molar refractivity (Wildman–Crippen MR) is 188 cm³/mol. The summed E-state index contributed by atoms with van der Waals surface area (Å²) in [5.41, 5.74) is 0.824. The fourth-order valence-corrected chi connectivity index (χ4v) is 7.51. The van der Waals surface area contributed by atoms with E-state index in [0.29, 0.717) is 30.7 Å². The molecule has 1 aliphatic rings. The molecule has 2 heterocycles. The van der Waals surface area contributed by atoms with Gasteiger partial charge in [-0.3, -0.25) is 24.1 Å². The lowest BCUT2D eigenvalue weighted by Crippen LogP contribution is -2.63. The van der Waals surface area contributed by atoms with Gasteiger partial charge in [0.1, 0.15) is 22.8 Å². The molecule has 0 bridgehead atoms. The number of hydrogen-bond donors (Lipinski definition) is 3. The first kappa shape index (κ1) is 44.6. The number of esters is 1. The highest BCUT2D eigenvalue weighted by molar-refractivity contribution is 7.09. The van der Waals surface area contributed by atoms with Crippen molar-refractivity contribution in [2.24, 2.45) is 17.8 Å². The van der Waals surface area contributed by atoms with Crippen LogP contribution in [0.5, 0.6) is 0 Å². The monoisotopic (exact) mass is 793 g/mol. The molecule has 1 aliphatic heterocycles. The van der Waals surface area contributed by atoms with E-state index < -0.39 is 84.1 Å². The van der Waals surface area contributed by atoms with Crippen molar-refractivity contribution in [1.82, 2.24) is 25.4 Å². The fourth-order valence-electron chi connectivity index (χ4n) is 6.72. The Morgan fingerprint density at radius 3 is 2.20 bits per heavy atom. The molecule has 1 aromatic heterocycles. The standard InChI is InChI=1S/C36H49F6N5O6S/c1-20(2)26(47(5)33(51)28(29(35(37,38)39)36(40,41)42)45-31(50)25-14-10-11-15-46(25)4)18-27(48)32-44-24(19-54-32)30(49)43-23(16-21(3)34(52)53-6)17-22-12-8-7-9-13-22/h7-9,12-13,19-21,23,25-29,48H,10-11,14-18H2,1-6H3,(H,43,49)(H,45,50)/t21-,23+,25+,26+,27+,28-/m0/s1. The molecular weight excluding hydrogens is 744 g/mol. The minimum Gasteiger partial charge on any atom is -0.469 e. The van der Waals surface area contributed by atoms with E-state index in [1.165, 1.54) is 24.4 Å².